The van der Waals surface area contributed by atoms with E-state index in [-0.39, 0.29) is 71.2 Å². The Labute approximate surface area is 372 Å². The van der Waals surface area contributed by atoms with Crippen molar-refractivity contribution in [3.05, 3.63) is 12.7 Å². The number of carbonyl (C=O) groups is 3. The zero-order chi connectivity index (χ0) is 44.0. The Morgan fingerprint density at radius 2 is 1.62 bits per heavy atom. The first kappa shape index (κ1) is 54.7. The van der Waals surface area contributed by atoms with E-state index >= 15 is 0 Å². The number of imidazole rings is 1. The van der Waals surface area contributed by atoms with Gasteiger partial charge in [0.15, 0.2) is 22.8 Å². The molecule has 7 atom stereocenters. The van der Waals surface area contributed by atoms with Crippen LogP contribution in [0.3, 0.4) is 0 Å². The maximum atomic E-state index is 12.7. The third-order valence-electron chi connectivity index (χ3n) is 8.75. The Morgan fingerprint density at radius 3 is 2.28 bits per heavy atom. The maximum Gasteiger partial charge on any atom is 0.481 e. The van der Waals surface area contributed by atoms with Crippen LogP contribution in [0.2, 0.25) is 0 Å². The van der Waals surface area contributed by atoms with Crippen molar-refractivity contribution >= 4 is 98.7 Å². The summed E-state index contributed by atoms with van der Waals surface area (Å²) in [5.41, 5.74) is 4.28. The van der Waals surface area contributed by atoms with Gasteiger partial charge in [0, 0.05) is 66.7 Å². The molecule has 2 aromatic heterocycles. The number of hydrogen-bond donors (Lipinski definition) is 9. The van der Waals surface area contributed by atoms with Crippen molar-refractivity contribution in [1.29, 1.82) is 0 Å². The van der Waals surface area contributed by atoms with Crippen LogP contribution in [-0.4, -0.2) is 152 Å². The van der Waals surface area contributed by atoms with Gasteiger partial charge in [0.1, 0.15) is 36.3 Å². The van der Waals surface area contributed by atoms with Gasteiger partial charge in [-0.05, 0) is 6.42 Å². The number of aromatic nitrogens is 4. The Bertz CT molecular complexity index is 1860. The van der Waals surface area contributed by atoms with Crippen molar-refractivity contribution < 1.29 is 80.5 Å². The Kier molecular flexibility index (Phi) is 22.9. The number of amides is 2. The van der Waals surface area contributed by atoms with E-state index in [2.05, 4.69) is 41.3 Å². The Balaban J connectivity index is 0.0000124. The number of rotatable bonds is 27. The summed E-state index contributed by atoms with van der Waals surface area (Å²) in [4.78, 5) is 87.8. The number of phosphoric ester groups is 3. The predicted molar refractivity (Wildman–Crippen MR) is 215 cm³/mol. The van der Waals surface area contributed by atoms with Gasteiger partial charge in [0.2, 0.25) is 11.8 Å². The number of anilines is 1. The molecule has 24 nitrogen and oxygen atoms in total. The molecule has 1 aliphatic heterocycles. The predicted octanol–water partition coefficient (Wildman–Crippen LogP) is 1.42. The molecule has 2 unspecified atom stereocenters. The normalized spacial score (nSPS) is 20.8. The number of hydrogen-bond acceptors (Lipinski definition) is 18. The van der Waals surface area contributed by atoms with E-state index in [9.17, 15) is 57.9 Å². The second-order valence-corrected chi connectivity index (χ2v) is 19.5. The van der Waals surface area contributed by atoms with Crippen LogP contribution in [0.25, 0.3) is 11.2 Å². The van der Waals surface area contributed by atoms with E-state index in [0.717, 1.165) is 48.2 Å². The van der Waals surface area contributed by atoms with E-state index < -0.39 is 84.6 Å². The van der Waals surface area contributed by atoms with E-state index in [1.54, 1.807) is 0 Å². The fraction of sp³-hybridized carbons (Fsp3) is 0.742. The molecular formula is C31H54N7NaO17P3S. The molecule has 0 spiro atoms. The molecule has 10 N–H and O–H groups in total. The molecule has 0 saturated carbocycles. The van der Waals surface area contributed by atoms with E-state index in [1.165, 1.54) is 39.5 Å². The molecule has 0 aromatic carbocycles. The standard InChI is InChI=1S/C31H54N7O17P3S.Na/c1-4-5-6-7-8-9-10-11-22(40)59-15-14-33-21(39)12-13-34-29(43)26(42)31(2,3)17-52-58(49,50)55-57(47,48)51-16-20-25(54-56(44,45)46)24(41)30(53-20)38-19-37-23-27(32)35-18-36-28(23)38;/h18-20,24-26,30,41-42H,4-17H2,1-3H3,(H,33,39)(H,34,43)(H,47,48)(H,49,50)(H2,32,35,36)(H2,44,45,46);/t20-,24-,25-,26+,30-;/m1./s1. The van der Waals surface area contributed by atoms with Gasteiger partial charge in [-0.15, -0.1) is 0 Å². The molecule has 1 radical (unpaired) electrons. The number of fused-ring (bicyclic) bond motifs is 1. The Morgan fingerprint density at radius 1 is 0.967 bits per heavy atom. The van der Waals surface area contributed by atoms with Gasteiger partial charge in [-0.2, -0.15) is 4.31 Å². The minimum atomic E-state index is -5.57. The molecule has 1 saturated heterocycles. The third kappa shape index (κ3) is 18.3. The zero-order valence-electron chi connectivity index (χ0n) is 33.7. The average Bonchev–Trinajstić information content (AvgIpc) is 3.71. The summed E-state index contributed by atoms with van der Waals surface area (Å²) in [5, 5.41) is 26.5. The van der Waals surface area contributed by atoms with Crippen LogP contribution in [0.5, 0.6) is 0 Å². The fourth-order valence-electron chi connectivity index (χ4n) is 5.59. The molecule has 2 amide bonds. The first-order valence-electron chi connectivity index (χ1n) is 18.6. The number of nitrogen functional groups attached to an aromatic ring is 1. The molecule has 2 aromatic rings. The summed E-state index contributed by atoms with van der Waals surface area (Å²) in [6.45, 7) is 2.73. The van der Waals surface area contributed by atoms with Crippen molar-refractivity contribution in [1.82, 2.24) is 30.2 Å². The van der Waals surface area contributed by atoms with Crippen LogP contribution in [0, 0.1) is 5.41 Å². The van der Waals surface area contributed by atoms with Gasteiger partial charge in [0.05, 0.1) is 19.5 Å². The molecule has 0 bridgehead atoms. The average molecular weight is 945 g/mol. The smallest absolute Gasteiger partial charge is 0.386 e. The van der Waals surface area contributed by atoms with Gasteiger partial charge in [0.25, 0.3) is 0 Å². The van der Waals surface area contributed by atoms with Crippen molar-refractivity contribution in [2.45, 2.75) is 109 Å². The van der Waals surface area contributed by atoms with Crippen molar-refractivity contribution in [2.24, 2.45) is 5.41 Å². The number of aliphatic hydroxyl groups is 2. The quantitative estimate of drug-likeness (QED) is 0.0347. The van der Waals surface area contributed by atoms with Crippen LogP contribution < -0.4 is 16.4 Å². The van der Waals surface area contributed by atoms with Gasteiger partial charge < -0.3 is 50.9 Å². The minimum Gasteiger partial charge on any atom is -0.386 e. The summed E-state index contributed by atoms with van der Waals surface area (Å²) in [7, 11) is -16.4. The minimum absolute atomic E-state index is 0. The zero-order valence-corrected chi connectivity index (χ0v) is 39.2. The number of aliphatic hydroxyl groups excluding tert-OH is 2. The number of thioether (sulfide) groups is 1. The second kappa shape index (κ2) is 25.2. The van der Waals surface area contributed by atoms with Gasteiger partial charge in [-0.3, -0.25) is 32.5 Å². The largest absolute Gasteiger partial charge is 0.481 e. The van der Waals surface area contributed by atoms with Crippen LogP contribution in [0.1, 0.15) is 84.8 Å². The van der Waals surface area contributed by atoms with Crippen molar-refractivity contribution in [2.75, 3.05) is 37.8 Å². The van der Waals surface area contributed by atoms with Crippen LogP contribution in [0.4, 0.5) is 5.82 Å². The number of phosphoric acid groups is 3. The summed E-state index contributed by atoms with van der Waals surface area (Å²) in [5.74, 6) is -1.03. The maximum absolute atomic E-state index is 12.7. The van der Waals surface area contributed by atoms with Crippen molar-refractivity contribution in [3.63, 3.8) is 0 Å². The summed E-state index contributed by atoms with van der Waals surface area (Å²) in [6.07, 6.45) is 1.35. The van der Waals surface area contributed by atoms with Gasteiger partial charge >= 0.3 is 23.5 Å². The van der Waals surface area contributed by atoms with Crippen molar-refractivity contribution in [3.8, 4) is 0 Å². The Hall–Kier alpha value is -1.44. The molecule has 60 heavy (non-hydrogen) atoms. The van der Waals surface area contributed by atoms with Gasteiger partial charge in [-0.1, -0.05) is 71.1 Å². The molecule has 337 valence electrons. The number of ether oxygens (including phenoxy) is 1. The molecule has 0 aliphatic carbocycles. The molecule has 1 aliphatic rings. The number of unbranched alkanes of at least 4 members (excludes halogenated alkanes) is 6. The number of carbonyl (C=O) groups excluding carboxylic acids is 3. The molecule has 1 fully saturated rings. The van der Waals surface area contributed by atoms with E-state index in [4.69, 9.17) is 19.5 Å². The molecule has 3 heterocycles. The van der Waals surface area contributed by atoms with Gasteiger partial charge in [-0.25, -0.2) is 28.6 Å². The molecule has 29 heteroatoms. The molecule has 3 rings (SSSR count). The van der Waals surface area contributed by atoms with Crippen LogP contribution in [-0.2, 0) is 50.7 Å². The summed E-state index contributed by atoms with van der Waals surface area (Å²) < 4.78 is 62.2. The first-order valence-corrected chi connectivity index (χ1v) is 24.1. The summed E-state index contributed by atoms with van der Waals surface area (Å²) >= 11 is 1.14. The van der Waals surface area contributed by atoms with E-state index in [1.807, 2.05) is 0 Å². The fourth-order valence-corrected chi connectivity index (χ4v) is 9.14. The first-order chi connectivity index (χ1) is 27.6. The monoisotopic (exact) mass is 944 g/mol. The third-order valence-corrected chi connectivity index (χ3v) is 12.8. The number of nitrogens with two attached hydrogens (primary N) is 1. The number of nitrogens with one attached hydrogen (secondary N) is 2. The SMILES string of the molecule is CCCCCCCCCC(=O)SCCNC(=O)CCNC(=O)[C@H](O)C(C)(C)COP(=O)(O)OP(=O)(O)OC[C@H]1O[C@@H](n2cnc3c(N)ncnc32)[C@H](O)[C@@H]1OP(=O)(O)O.[Na]. The molecular weight excluding hydrogens is 890 g/mol. The van der Waals surface area contributed by atoms with Crippen LogP contribution >= 0.6 is 35.2 Å². The van der Waals surface area contributed by atoms with E-state index in [0.29, 0.717) is 12.2 Å². The summed E-state index contributed by atoms with van der Waals surface area (Å²) in [6, 6.07) is 0. The second-order valence-electron chi connectivity index (χ2n) is 14.2. The topological polar surface area (TPSA) is 364 Å². The van der Waals surface area contributed by atoms with Crippen LogP contribution in [0.15, 0.2) is 12.7 Å². The number of nitrogens with zero attached hydrogens (tertiary/aromatic N) is 4.